The molecule has 7 heteroatoms. The largest absolute Gasteiger partial charge is 0.462 e. The van der Waals surface area contributed by atoms with Crippen LogP contribution in [0.3, 0.4) is 0 Å². The van der Waals surface area contributed by atoms with Crippen LogP contribution in [0, 0.1) is 27.7 Å². The predicted octanol–water partition coefficient (Wildman–Crippen LogP) is 3.75. The highest BCUT2D eigenvalue weighted by Crippen LogP contribution is 2.24. The molecule has 0 aliphatic heterocycles. The van der Waals surface area contributed by atoms with Crippen LogP contribution in [-0.2, 0) is 27.4 Å². The molecule has 158 valence electrons. The van der Waals surface area contributed by atoms with Gasteiger partial charge in [-0.25, -0.2) is 9.59 Å². The number of fused-ring (bicyclic) bond motifs is 1. The SMILES string of the molecule is CCOC(=O)c1cc(C)n(CC(=O)OCc2cc(=O)oc3c(C)c(C)ccc23)c1C. The molecular weight excluding hydrogens is 386 g/mol. The summed E-state index contributed by atoms with van der Waals surface area (Å²) in [5.74, 6) is -0.893. The summed E-state index contributed by atoms with van der Waals surface area (Å²) in [6.07, 6.45) is 0. The maximum atomic E-state index is 12.5. The van der Waals surface area contributed by atoms with E-state index < -0.39 is 17.6 Å². The third-order valence-corrected chi connectivity index (χ3v) is 5.26. The standard InChI is InChI=1S/C23H25NO6/c1-6-28-23(27)19-9-14(3)24(16(19)5)11-21(26)29-12-17-10-20(25)30-22-15(4)13(2)7-8-18(17)22/h7-10H,6,11-12H2,1-5H3. The second kappa shape index (κ2) is 8.57. The Morgan fingerprint density at radius 3 is 2.50 bits per heavy atom. The molecule has 0 bridgehead atoms. The van der Waals surface area contributed by atoms with E-state index in [2.05, 4.69) is 0 Å². The predicted molar refractivity (Wildman–Crippen MR) is 112 cm³/mol. The molecule has 0 saturated carbocycles. The lowest BCUT2D eigenvalue weighted by molar-refractivity contribution is -0.145. The number of rotatable bonds is 6. The fraction of sp³-hybridized carbons (Fsp3) is 0.348. The number of nitrogens with zero attached hydrogens (tertiary/aromatic N) is 1. The van der Waals surface area contributed by atoms with Crippen LogP contribution in [-0.4, -0.2) is 23.1 Å². The van der Waals surface area contributed by atoms with Crippen LogP contribution in [0.4, 0.5) is 0 Å². The summed E-state index contributed by atoms with van der Waals surface area (Å²) in [6.45, 7) is 9.32. The lowest BCUT2D eigenvalue weighted by Gasteiger charge is -2.12. The number of hydrogen-bond acceptors (Lipinski definition) is 6. The highest BCUT2D eigenvalue weighted by molar-refractivity contribution is 5.91. The molecule has 0 fully saturated rings. The number of aromatic nitrogens is 1. The van der Waals surface area contributed by atoms with E-state index in [1.807, 2.05) is 32.9 Å². The molecule has 0 radical (unpaired) electrons. The Labute approximate surface area is 174 Å². The molecule has 7 nitrogen and oxygen atoms in total. The fourth-order valence-corrected chi connectivity index (χ4v) is 3.44. The van der Waals surface area contributed by atoms with E-state index in [1.54, 1.807) is 24.5 Å². The van der Waals surface area contributed by atoms with Gasteiger partial charge >= 0.3 is 17.6 Å². The Morgan fingerprint density at radius 2 is 1.80 bits per heavy atom. The van der Waals surface area contributed by atoms with E-state index >= 15 is 0 Å². The molecule has 0 amide bonds. The molecule has 0 saturated heterocycles. The summed E-state index contributed by atoms with van der Waals surface area (Å²) >= 11 is 0. The van der Waals surface area contributed by atoms with Crippen molar-refractivity contribution in [3.05, 3.63) is 68.3 Å². The van der Waals surface area contributed by atoms with Crippen LogP contribution >= 0.6 is 0 Å². The minimum atomic E-state index is -0.488. The van der Waals surface area contributed by atoms with Crippen LogP contribution in [0.25, 0.3) is 11.0 Å². The van der Waals surface area contributed by atoms with Crippen molar-refractivity contribution in [2.45, 2.75) is 47.8 Å². The summed E-state index contributed by atoms with van der Waals surface area (Å²) in [5.41, 5.74) is 4.32. The van der Waals surface area contributed by atoms with E-state index in [0.29, 0.717) is 22.4 Å². The first-order valence-electron chi connectivity index (χ1n) is 9.75. The quantitative estimate of drug-likeness (QED) is 0.453. The van der Waals surface area contributed by atoms with Gasteiger partial charge in [0.25, 0.3) is 0 Å². The zero-order valence-electron chi connectivity index (χ0n) is 17.8. The summed E-state index contributed by atoms with van der Waals surface area (Å²) < 4.78 is 17.5. The molecule has 0 N–H and O–H groups in total. The van der Waals surface area contributed by atoms with E-state index in [0.717, 1.165) is 22.2 Å². The highest BCUT2D eigenvalue weighted by Gasteiger charge is 2.19. The van der Waals surface area contributed by atoms with Crippen molar-refractivity contribution in [1.29, 1.82) is 0 Å². The molecule has 1 aromatic carbocycles. The molecule has 0 aliphatic rings. The van der Waals surface area contributed by atoms with Crippen molar-refractivity contribution in [1.82, 2.24) is 4.57 Å². The first-order chi connectivity index (χ1) is 14.2. The molecule has 30 heavy (non-hydrogen) atoms. The molecule has 0 aliphatic carbocycles. The van der Waals surface area contributed by atoms with Gasteiger partial charge in [0.05, 0.1) is 12.2 Å². The van der Waals surface area contributed by atoms with Gasteiger partial charge in [0, 0.05) is 28.4 Å². The first kappa shape index (κ1) is 21.4. The van der Waals surface area contributed by atoms with Crippen LogP contribution in [0.5, 0.6) is 0 Å². The Morgan fingerprint density at radius 1 is 1.07 bits per heavy atom. The molecule has 2 aromatic heterocycles. The number of carbonyl (C=O) groups is 2. The minimum absolute atomic E-state index is 0.0470. The summed E-state index contributed by atoms with van der Waals surface area (Å²) in [5, 5.41) is 0.739. The zero-order valence-corrected chi connectivity index (χ0v) is 17.8. The van der Waals surface area contributed by atoms with Gasteiger partial charge in [0.15, 0.2) is 0 Å². The number of benzene rings is 1. The summed E-state index contributed by atoms with van der Waals surface area (Å²) in [4.78, 5) is 36.5. The van der Waals surface area contributed by atoms with Gasteiger partial charge in [-0.3, -0.25) is 4.79 Å². The van der Waals surface area contributed by atoms with Gasteiger partial charge in [0.2, 0.25) is 0 Å². The van der Waals surface area contributed by atoms with Gasteiger partial charge in [-0.2, -0.15) is 0 Å². The molecule has 0 unspecified atom stereocenters. The highest BCUT2D eigenvalue weighted by atomic mass is 16.5. The van der Waals surface area contributed by atoms with E-state index in [1.165, 1.54) is 6.07 Å². The maximum absolute atomic E-state index is 12.5. The number of esters is 2. The Hall–Kier alpha value is -3.35. The molecule has 0 atom stereocenters. The summed E-state index contributed by atoms with van der Waals surface area (Å²) in [6, 6.07) is 6.83. The smallest absolute Gasteiger partial charge is 0.339 e. The molecule has 3 rings (SSSR count). The monoisotopic (exact) mass is 411 g/mol. The van der Waals surface area contributed by atoms with Crippen molar-refractivity contribution in [2.75, 3.05) is 6.61 Å². The third-order valence-electron chi connectivity index (χ3n) is 5.26. The van der Waals surface area contributed by atoms with Gasteiger partial charge in [0.1, 0.15) is 18.7 Å². The van der Waals surface area contributed by atoms with Crippen LogP contribution < -0.4 is 5.63 Å². The van der Waals surface area contributed by atoms with E-state index in [4.69, 9.17) is 13.9 Å². The fourth-order valence-electron chi connectivity index (χ4n) is 3.44. The molecule has 2 heterocycles. The van der Waals surface area contributed by atoms with Crippen LogP contribution in [0.2, 0.25) is 0 Å². The third kappa shape index (κ3) is 4.15. The van der Waals surface area contributed by atoms with E-state index in [-0.39, 0.29) is 19.8 Å². The lowest BCUT2D eigenvalue weighted by Crippen LogP contribution is -2.16. The molecular formula is C23H25NO6. The average Bonchev–Trinajstić information content (AvgIpc) is 2.97. The minimum Gasteiger partial charge on any atom is -0.462 e. The zero-order chi connectivity index (χ0) is 22.0. The molecule has 3 aromatic rings. The maximum Gasteiger partial charge on any atom is 0.339 e. The van der Waals surface area contributed by atoms with Crippen LogP contribution in [0.15, 0.2) is 33.5 Å². The topological polar surface area (TPSA) is 87.7 Å². The van der Waals surface area contributed by atoms with Gasteiger partial charge in [-0.1, -0.05) is 12.1 Å². The van der Waals surface area contributed by atoms with Crippen molar-refractivity contribution < 1.29 is 23.5 Å². The van der Waals surface area contributed by atoms with Crippen molar-refractivity contribution in [3.8, 4) is 0 Å². The number of carbonyl (C=O) groups excluding carboxylic acids is 2. The Balaban J connectivity index is 1.78. The average molecular weight is 411 g/mol. The van der Waals surface area contributed by atoms with Crippen LogP contribution in [0.1, 0.15) is 45.4 Å². The van der Waals surface area contributed by atoms with Gasteiger partial charge in [-0.15, -0.1) is 0 Å². The van der Waals surface area contributed by atoms with Crippen molar-refractivity contribution >= 4 is 22.9 Å². The molecule has 0 spiro atoms. The number of hydrogen-bond donors (Lipinski definition) is 0. The van der Waals surface area contributed by atoms with Gasteiger partial charge in [-0.05, 0) is 51.8 Å². The second-order valence-electron chi connectivity index (χ2n) is 7.23. The first-order valence-corrected chi connectivity index (χ1v) is 9.75. The second-order valence-corrected chi connectivity index (χ2v) is 7.23. The van der Waals surface area contributed by atoms with Crippen molar-refractivity contribution in [2.24, 2.45) is 0 Å². The summed E-state index contributed by atoms with van der Waals surface area (Å²) in [7, 11) is 0. The Kier molecular flexibility index (Phi) is 6.10. The number of ether oxygens (including phenoxy) is 2. The lowest BCUT2D eigenvalue weighted by atomic mass is 10.0. The Bertz CT molecular complexity index is 1180. The van der Waals surface area contributed by atoms with Gasteiger partial charge < -0.3 is 18.5 Å². The number of aryl methyl sites for hydroxylation is 3. The normalized spacial score (nSPS) is 11.0. The van der Waals surface area contributed by atoms with Crippen molar-refractivity contribution in [3.63, 3.8) is 0 Å². The van der Waals surface area contributed by atoms with E-state index in [9.17, 15) is 14.4 Å².